The van der Waals surface area contributed by atoms with Crippen molar-refractivity contribution in [2.75, 3.05) is 11.9 Å². The summed E-state index contributed by atoms with van der Waals surface area (Å²) in [5.74, 6) is 1.49. The number of hydrogen-bond donors (Lipinski definition) is 2. The summed E-state index contributed by atoms with van der Waals surface area (Å²) in [4.78, 5) is 12.4. The molecule has 2 amide bonds. The Morgan fingerprint density at radius 1 is 1.17 bits per heavy atom. The van der Waals surface area contributed by atoms with Crippen LogP contribution in [0.4, 0.5) is 10.5 Å². The van der Waals surface area contributed by atoms with E-state index in [0.29, 0.717) is 18.0 Å². The Morgan fingerprint density at radius 3 is 2.75 bits per heavy atom. The highest BCUT2D eigenvalue weighted by molar-refractivity contribution is 5.91. The number of carbonyl (C=O) groups excluding carboxylic acids is 1. The number of anilines is 1. The largest absolute Gasteiger partial charge is 0.493 e. The van der Waals surface area contributed by atoms with E-state index in [4.69, 9.17) is 9.47 Å². The zero-order valence-electron chi connectivity index (χ0n) is 13.9. The number of benzene rings is 2. The predicted molar refractivity (Wildman–Crippen MR) is 93.7 cm³/mol. The fourth-order valence-electron chi connectivity index (χ4n) is 2.74. The first kappa shape index (κ1) is 16.2. The van der Waals surface area contributed by atoms with Crippen LogP contribution >= 0.6 is 0 Å². The van der Waals surface area contributed by atoms with E-state index < -0.39 is 0 Å². The summed E-state index contributed by atoms with van der Waals surface area (Å²) in [6.45, 7) is 4.50. The maximum Gasteiger partial charge on any atom is 0.319 e. The number of amides is 2. The van der Waals surface area contributed by atoms with Crippen molar-refractivity contribution in [3.8, 4) is 11.5 Å². The van der Waals surface area contributed by atoms with Crippen LogP contribution in [-0.2, 0) is 0 Å². The highest BCUT2D eigenvalue weighted by atomic mass is 16.5. The van der Waals surface area contributed by atoms with Gasteiger partial charge in [0.1, 0.15) is 11.5 Å². The van der Waals surface area contributed by atoms with Crippen molar-refractivity contribution in [2.45, 2.75) is 32.4 Å². The Hall–Kier alpha value is -2.69. The Kier molecular flexibility index (Phi) is 4.89. The molecule has 0 radical (unpaired) electrons. The van der Waals surface area contributed by atoms with E-state index in [0.717, 1.165) is 17.7 Å². The third-order valence-electron chi connectivity index (χ3n) is 3.76. The molecule has 3 rings (SSSR count). The number of fused-ring (bicyclic) bond motifs is 1. The second kappa shape index (κ2) is 7.25. The van der Waals surface area contributed by atoms with Gasteiger partial charge in [0.25, 0.3) is 0 Å². The van der Waals surface area contributed by atoms with Crippen molar-refractivity contribution in [2.24, 2.45) is 0 Å². The molecular weight excluding hydrogens is 304 g/mol. The molecule has 1 aliphatic heterocycles. The fourth-order valence-corrected chi connectivity index (χ4v) is 2.74. The number of ether oxygens (including phenoxy) is 2. The molecule has 1 atom stereocenters. The third kappa shape index (κ3) is 3.79. The van der Waals surface area contributed by atoms with Crippen LogP contribution in [0.25, 0.3) is 0 Å². The second-order valence-corrected chi connectivity index (χ2v) is 5.99. The summed E-state index contributed by atoms with van der Waals surface area (Å²) in [6, 6.07) is 14.9. The quantitative estimate of drug-likeness (QED) is 0.888. The molecule has 24 heavy (non-hydrogen) atoms. The number of hydrogen-bond acceptors (Lipinski definition) is 3. The summed E-state index contributed by atoms with van der Waals surface area (Å²) >= 11 is 0. The molecule has 1 unspecified atom stereocenters. The standard InChI is InChI=1S/C19H22N2O3/c1-13(2)24-18-10-6-4-8-16(18)21-19(22)20-15-11-12-23-17-9-5-3-7-14(15)17/h3-10,13,15H,11-12H2,1-2H3,(H2,20,21,22). The van der Waals surface area contributed by atoms with Crippen molar-refractivity contribution < 1.29 is 14.3 Å². The van der Waals surface area contributed by atoms with Gasteiger partial charge in [0.15, 0.2) is 0 Å². The van der Waals surface area contributed by atoms with E-state index in [1.165, 1.54) is 0 Å². The predicted octanol–water partition coefficient (Wildman–Crippen LogP) is 4.12. The molecule has 0 spiro atoms. The monoisotopic (exact) mass is 326 g/mol. The van der Waals surface area contributed by atoms with E-state index >= 15 is 0 Å². The summed E-state index contributed by atoms with van der Waals surface area (Å²) in [7, 11) is 0. The Bertz CT molecular complexity index is 715. The van der Waals surface area contributed by atoms with Crippen LogP contribution < -0.4 is 20.1 Å². The molecule has 0 aromatic heterocycles. The van der Waals surface area contributed by atoms with E-state index in [1.807, 2.05) is 62.4 Å². The molecule has 2 aromatic carbocycles. The minimum atomic E-state index is -0.253. The first-order valence-corrected chi connectivity index (χ1v) is 8.18. The second-order valence-electron chi connectivity index (χ2n) is 5.99. The van der Waals surface area contributed by atoms with E-state index in [9.17, 15) is 4.79 Å². The van der Waals surface area contributed by atoms with Crippen molar-refractivity contribution in [3.05, 3.63) is 54.1 Å². The van der Waals surface area contributed by atoms with Crippen LogP contribution in [0.15, 0.2) is 48.5 Å². The average molecular weight is 326 g/mol. The van der Waals surface area contributed by atoms with E-state index in [-0.39, 0.29) is 18.2 Å². The highest BCUT2D eigenvalue weighted by Gasteiger charge is 2.22. The van der Waals surface area contributed by atoms with Crippen molar-refractivity contribution in [1.29, 1.82) is 0 Å². The van der Waals surface area contributed by atoms with Gasteiger partial charge in [-0.3, -0.25) is 0 Å². The van der Waals surface area contributed by atoms with Gasteiger partial charge in [-0.05, 0) is 32.0 Å². The zero-order valence-corrected chi connectivity index (χ0v) is 13.9. The number of carbonyl (C=O) groups is 1. The van der Waals surface area contributed by atoms with Crippen molar-refractivity contribution in [1.82, 2.24) is 5.32 Å². The lowest BCUT2D eigenvalue weighted by Gasteiger charge is -2.26. The zero-order chi connectivity index (χ0) is 16.9. The maximum atomic E-state index is 12.4. The minimum Gasteiger partial charge on any atom is -0.493 e. The molecule has 5 nitrogen and oxygen atoms in total. The lowest BCUT2D eigenvalue weighted by molar-refractivity contribution is 0.231. The summed E-state index contributed by atoms with van der Waals surface area (Å²) in [6.07, 6.45) is 0.785. The molecular formula is C19H22N2O3. The van der Waals surface area contributed by atoms with Gasteiger partial charge >= 0.3 is 6.03 Å². The van der Waals surface area contributed by atoms with Crippen LogP contribution in [-0.4, -0.2) is 18.7 Å². The Balaban J connectivity index is 1.69. The molecule has 5 heteroatoms. The molecule has 0 saturated heterocycles. The Labute approximate surface area is 142 Å². The van der Waals surface area contributed by atoms with E-state index in [1.54, 1.807) is 0 Å². The Morgan fingerprint density at radius 2 is 1.92 bits per heavy atom. The van der Waals surface area contributed by atoms with Crippen molar-refractivity contribution >= 4 is 11.7 Å². The molecule has 1 aliphatic rings. The smallest absolute Gasteiger partial charge is 0.319 e. The van der Waals surface area contributed by atoms with Gasteiger partial charge in [-0.1, -0.05) is 30.3 Å². The van der Waals surface area contributed by atoms with Crippen LogP contribution in [0.2, 0.25) is 0 Å². The molecule has 1 heterocycles. The number of nitrogens with one attached hydrogen (secondary N) is 2. The normalized spacial score (nSPS) is 16.0. The first-order chi connectivity index (χ1) is 11.6. The highest BCUT2D eigenvalue weighted by Crippen LogP contribution is 2.32. The lowest BCUT2D eigenvalue weighted by Crippen LogP contribution is -2.35. The van der Waals surface area contributed by atoms with Crippen molar-refractivity contribution in [3.63, 3.8) is 0 Å². The molecule has 2 N–H and O–H groups in total. The molecule has 0 aliphatic carbocycles. The molecule has 0 fully saturated rings. The molecule has 0 saturated carbocycles. The first-order valence-electron chi connectivity index (χ1n) is 8.18. The molecule has 0 bridgehead atoms. The molecule has 126 valence electrons. The van der Waals surface area contributed by atoms with Gasteiger partial charge in [0.2, 0.25) is 0 Å². The lowest BCUT2D eigenvalue weighted by atomic mass is 10.0. The maximum absolute atomic E-state index is 12.4. The number of urea groups is 1. The number of para-hydroxylation sites is 3. The van der Waals surface area contributed by atoms with E-state index in [2.05, 4.69) is 10.6 Å². The topological polar surface area (TPSA) is 59.6 Å². The van der Waals surface area contributed by atoms with Gasteiger partial charge < -0.3 is 20.1 Å². The van der Waals surface area contributed by atoms with Gasteiger partial charge in [-0.2, -0.15) is 0 Å². The van der Waals surface area contributed by atoms with Crippen LogP contribution in [0.1, 0.15) is 31.9 Å². The summed E-state index contributed by atoms with van der Waals surface area (Å²) in [5, 5.41) is 5.90. The summed E-state index contributed by atoms with van der Waals surface area (Å²) in [5.41, 5.74) is 1.66. The van der Waals surface area contributed by atoms with Gasteiger partial charge in [-0.15, -0.1) is 0 Å². The number of rotatable bonds is 4. The minimum absolute atomic E-state index is 0.0402. The van der Waals surface area contributed by atoms with Crippen LogP contribution in [0, 0.1) is 0 Å². The summed E-state index contributed by atoms with van der Waals surface area (Å²) < 4.78 is 11.4. The SMILES string of the molecule is CC(C)Oc1ccccc1NC(=O)NC1CCOc2ccccc21. The van der Waals surface area contributed by atoms with Crippen LogP contribution in [0.5, 0.6) is 11.5 Å². The molecule has 2 aromatic rings. The average Bonchev–Trinajstić information content (AvgIpc) is 2.56. The van der Waals surface area contributed by atoms with Gasteiger partial charge in [-0.25, -0.2) is 4.79 Å². The van der Waals surface area contributed by atoms with Crippen LogP contribution in [0.3, 0.4) is 0 Å². The van der Waals surface area contributed by atoms with Gasteiger partial charge in [0, 0.05) is 12.0 Å². The fraction of sp³-hybridized carbons (Fsp3) is 0.316. The van der Waals surface area contributed by atoms with Gasteiger partial charge in [0.05, 0.1) is 24.4 Å². The third-order valence-corrected chi connectivity index (χ3v) is 3.76.